The zero-order valence-corrected chi connectivity index (χ0v) is 33.0. The van der Waals surface area contributed by atoms with Crippen LogP contribution < -0.4 is 37.9 Å². The molecule has 16 nitrogen and oxygen atoms in total. The molecule has 0 saturated carbocycles. The summed E-state index contributed by atoms with van der Waals surface area (Å²) in [6.07, 6.45) is -6.05. The maximum absolute atomic E-state index is 11.3. The number of hydrogen-bond acceptors (Lipinski definition) is 16. The van der Waals surface area contributed by atoms with Crippen LogP contribution in [0.5, 0.6) is 57.5 Å². The molecule has 16 heteroatoms. The highest BCUT2D eigenvalue weighted by Gasteiger charge is 2.48. The van der Waals surface area contributed by atoms with Crippen molar-refractivity contribution in [2.45, 2.75) is 36.6 Å². The topological polar surface area (TPSA) is 214 Å². The van der Waals surface area contributed by atoms with Gasteiger partial charge in [-0.05, 0) is 59.2 Å². The molecule has 0 aromatic heterocycles. The van der Waals surface area contributed by atoms with Crippen LogP contribution in [0, 0.1) is 11.8 Å². The van der Waals surface area contributed by atoms with Gasteiger partial charge in [-0.3, -0.25) is 0 Å². The Morgan fingerprint density at radius 3 is 1.90 bits per heavy atom. The molecule has 1 saturated heterocycles. The number of aliphatic hydroxyl groups is 4. The van der Waals surface area contributed by atoms with Crippen molar-refractivity contribution in [1.82, 2.24) is 0 Å². The molecule has 3 aliphatic heterocycles. The van der Waals surface area contributed by atoms with E-state index in [4.69, 9.17) is 47.4 Å². The molecule has 2 bridgehead atoms. The SMILES string of the molecule is COc1cc([C@@H](O)[C@H](CO)CO[C@@H]2c3cc(OC)c(c(OC)c3)O[C@@H]3[C@H]2CO[C@H]3c2cc(OC)c(O[C@@H](CO)[C@H](O)c3cccc(O)c3OC)c(OC)c2)ccc1O. The molecule has 58 heavy (non-hydrogen) atoms. The lowest BCUT2D eigenvalue weighted by Crippen LogP contribution is -2.36. The van der Waals surface area contributed by atoms with Gasteiger partial charge >= 0.3 is 0 Å². The lowest BCUT2D eigenvalue weighted by atomic mass is 9.86. The predicted molar refractivity (Wildman–Crippen MR) is 206 cm³/mol. The summed E-state index contributed by atoms with van der Waals surface area (Å²) in [6, 6.07) is 15.9. The number of aliphatic hydroxyl groups excluding tert-OH is 4. The predicted octanol–water partition coefficient (Wildman–Crippen LogP) is 4.17. The monoisotopic (exact) mass is 810 g/mol. The van der Waals surface area contributed by atoms with Crippen molar-refractivity contribution in [3.63, 3.8) is 0 Å². The van der Waals surface area contributed by atoms with E-state index in [0.29, 0.717) is 33.9 Å². The van der Waals surface area contributed by atoms with Gasteiger partial charge in [0, 0.05) is 11.5 Å². The summed E-state index contributed by atoms with van der Waals surface area (Å²) in [7, 11) is 8.63. The average Bonchev–Trinajstić information content (AvgIpc) is 3.64. The number of fused-ring (bicyclic) bond motifs is 2. The van der Waals surface area contributed by atoms with Gasteiger partial charge in [0.15, 0.2) is 52.1 Å². The number of aromatic hydroxyl groups is 2. The third-order valence-electron chi connectivity index (χ3n) is 10.5. The van der Waals surface area contributed by atoms with E-state index in [1.54, 1.807) is 36.4 Å². The number of para-hydroxylation sites is 1. The summed E-state index contributed by atoms with van der Waals surface area (Å²) in [6.45, 7) is -0.974. The normalized spacial score (nSPS) is 20.4. The largest absolute Gasteiger partial charge is 0.504 e. The molecule has 0 aliphatic carbocycles. The van der Waals surface area contributed by atoms with Gasteiger partial charge < -0.3 is 78.0 Å². The Balaban J connectivity index is 1.32. The van der Waals surface area contributed by atoms with Gasteiger partial charge in [0.25, 0.3) is 0 Å². The number of methoxy groups -OCH3 is 6. The molecular formula is C42H50O16. The minimum Gasteiger partial charge on any atom is -0.504 e. The van der Waals surface area contributed by atoms with E-state index in [0.717, 1.165) is 0 Å². The second kappa shape index (κ2) is 18.5. The fraction of sp³-hybridized carbons (Fsp3) is 0.429. The molecule has 1 fully saturated rings. The number of phenolic OH excluding ortho intramolecular Hbond substituents is 2. The highest BCUT2D eigenvalue weighted by molar-refractivity contribution is 5.57. The molecule has 0 amide bonds. The van der Waals surface area contributed by atoms with Crippen molar-refractivity contribution < 1.29 is 78.0 Å². The fourth-order valence-electron chi connectivity index (χ4n) is 7.46. The lowest BCUT2D eigenvalue weighted by Gasteiger charge is -2.35. The third-order valence-corrected chi connectivity index (χ3v) is 10.5. The third kappa shape index (κ3) is 8.16. The number of phenols is 2. The van der Waals surface area contributed by atoms with Crippen molar-refractivity contribution in [2.24, 2.45) is 11.8 Å². The van der Waals surface area contributed by atoms with E-state index in [1.165, 1.54) is 66.9 Å². The van der Waals surface area contributed by atoms with E-state index < -0.39 is 61.7 Å². The highest BCUT2D eigenvalue weighted by Crippen LogP contribution is 2.53. The first-order valence-electron chi connectivity index (χ1n) is 18.4. The second-order valence-electron chi connectivity index (χ2n) is 13.8. The molecule has 0 unspecified atom stereocenters. The zero-order valence-electron chi connectivity index (χ0n) is 33.0. The van der Waals surface area contributed by atoms with Crippen LogP contribution in [0.25, 0.3) is 0 Å². The fourth-order valence-corrected chi connectivity index (χ4v) is 7.46. The van der Waals surface area contributed by atoms with Crippen LogP contribution in [0.1, 0.15) is 46.7 Å². The first-order chi connectivity index (χ1) is 28.0. The van der Waals surface area contributed by atoms with Crippen LogP contribution in [0.3, 0.4) is 0 Å². The van der Waals surface area contributed by atoms with Crippen molar-refractivity contribution in [2.75, 3.05) is 69.1 Å². The average molecular weight is 811 g/mol. The first kappa shape index (κ1) is 42.3. The number of benzene rings is 4. The van der Waals surface area contributed by atoms with Crippen molar-refractivity contribution >= 4 is 0 Å². The molecule has 6 N–H and O–H groups in total. The van der Waals surface area contributed by atoms with Gasteiger partial charge in [0.2, 0.25) is 11.5 Å². The Hall–Kier alpha value is -5.36. The first-order valence-corrected chi connectivity index (χ1v) is 18.4. The summed E-state index contributed by atoms with van der Waals surface area (Å²) in [5.41, 5.74) is 1.87. The Labute approximate surface area is 335 Å². The van der Waals surface area contributed by atoms with Crippen molar-refractivity contribution in [1.29, 1.82) is 0 Å². The van der Waals surface area contributed by atoms with Crippen molar-refractivity contribution in [3.05, 3.63) is 82.9 Å². The standard InChI is InChI=1S/C42H50O16/c1-49-29-12-21(10-11-27(29)45)35(47)24(17-43)19-55-37-22-13-32(52-4)42(33(14-22)53-5)58-40-26(37)20-56-38(40)23-15-30(50-2)41(31(16-23)51-3)57-34(18-44)36(48)25-8-7-9-28(46)39(25)54-6/h7-16,24,26,34-38,40,43-48H,17-20H2,1-6H3/t24-,26+,34+,35-,36-,37-,38+,40-/m1/s1. The Kier molecular flexibility index (Phi) is 13.5. The number of ether oxygens (including phenoxy) is 10. The summed E-state index contributed by atoms with van der Waals surface area (Å²) < 4.78 is 59.5. The van der Waals surface area contributed by atoms with Gasteiger partial charge in [-0.2, -0.15) is 0 Å². The summed E-state index contributed by atoms with van der Waals surface area (Å²) in [5, 5.41) is 63.8. The molecule has 0 radical (unpaired) electrons. The van der Waals surface area contributed by atoms with Crippen LogP contribution in [0.2, 0.25) is 0 Å². The van der Waals surface area contributed by atoms with E-state index >= 15 is 0 Å². The van der Waals surface area contributed by atoms with Crippen LogP contribution in [-0.2, 0) is 9.47 Å². The van der Waals surface area contributed by atoms with Gasteiger partial charge in [0.05, 0.1) is 87.2 Å². The van der Waals surface area contributed by atoms with Gasteiger partial charge in [-0.25, -0.2) is 0 Å². The molecule has 314 valence electrons. The maximum Gasteiger partial charge on any atom is 0.204 e. The molecule has 4 aromatic rings. The van der Waals surface area contributed by atoms with Gasteiger partial charge in [-0.1, -0.05) is 18.2 Å². The van der Waals surface area contributed by atoms with Gasteiger partial charge in [-0.15, -0.1) is 0 Å². The van der Waals surface area contributed by atoms with E-state index in [1.807, 2.05) is 0 Å². The molecule has 7 rings (SSSR count). The molecule has 4 aromatic carbocycles. The maximum atomic E-state index is 11.3. The summed E-state index contributed by atoms with van der Waals surface area (Å²) in [5.74, 6) is 0.295. The quantitative estimate of drug-likeness (QED) is 0.0832. The van der Waals surface area contributed by atoms with E-state index in [-0.39, 0.29) is 59.0 Å². The Bertz CT molecular complexity index is 1970. The van der Waals surface area contributed by atoms with E-state index in [9.17, 15) is 30.6 Å². The Morgan fingerprint density at radius 1 is 0.672 bits per heavy atom. The highest BCUT2D eigenvalue weighted by atomic mass is 16.6. The zero-order chi connectivity index (χ0) is 41.7. The lowest BCUT2D eigenvalue weighted by molar-refractivity contribution is -0.0661. The van der Waals surface area contributed by atoms with Crippen LogP contribution in [-0.4, -0.2) is 112 Å². The van der Waals surface area contributed by atoms with Crippen LogP contribution >= 0.6 is 0 Å². The Morgan fingerprint density at radius 2 is 1.31 bits per heavy atom. The van der Waals surface area contributed by atoms with Crippen LogP contribution in [0.15, 0.2) is 60.7 Å². The molecule has 3 aliphatic rings. The smallest absolute Gasteiger partial charge is 0.204 e. The molecule has 3 heterocycles. The molecular weight excluding hydrogens is 760 g/mol. The summed E-state index contributed by atoms with van der Waals surface area (Å²) >= 11 is 0. The minimum atomic E-state index is -1.44. The molecule has 8 atom stereocenters. The number of hydrogen-bond donors (Lipinski definition) is 6. The van der Waals surface area contributed by atoms with E-state index in [2.05, 4.69) is 0 Å². The summed E-state index contributed by atoms with van der Waals surface area (Å²) in [4.78, 5) is 0. The second-order valence-corrected chi connectivity index (χ2v) is 13.8. The number of rotatable bonds is 18. The van der Waals surface area contributed by atoms with Crippen molar-refractivity contribution in [3.8, 4) is 57.5 Å². The van der Waals surface area contributed by atoms with Gasteiger partial charge in [0.1, 0.15) is 18.3 Å². The minimum absolute atomic E-state index is 0.0319. The van der Waals surface area contributed by atoms with Crippen LogP contribution in [0.4, 0.5) is 0 Å². The molecule has 0 spiro atoms.